The normalized spacial score (nSPS) is 27.4. The fourth-order valence-corrected chi connectivity index (χ4v) is 6.09. The van der Waals surface area contributed by atoms with E-state index in [2.05, 4.69) is 17.3 Å². The van der Waals surface area contributed by atoms with Gasteiger partial charge in [-0.15, -0.1) is 0 Å². The molecule has 5 rings (SSSR count). The van der Waals surface area contributed by atoms with E-state index in [-0.39, 0.29) is 41.9 Å². The molecule has 3 aliphatic heterocycles. The first-order valence-corrected chi connectivity index (χ1v) is 13.9. The van der Waals surface area contributed by atoms with Gasteiger partial charge in [0.1, 0.15) is 18.5 Å². The van der Waals surface area contributed by atoms with Gasteiger partial charge >= 0.3 is 0 Å². The summed E-state index contributed by atoms with van der Waals surface area (Å²) in [5, 5.41) is 3.01. The Hall–Kier alpha value is -2.65. The number of nitrogens with one attached hydrogen (secondary N) is 1. The van der Waals surface area contributed by atoms with Crippen LogP contribution in [0.4, 0.5) is 5.69 Å². The first-order chi connectivity index (χ1) is 17.9. The molecule has 3 atom stereocenters. The second-order valence-electron chi connectivity index (χ2n) is 11.1. The zero-order chi connectivity index (χ0) is 25.9. The Morgan fingerprint density at radius 3 is 2.51 bits per heavy atom. The average molecular weight is 513 g/mol. The van der Waals surface area contributed by atoms with E-state index >= 15 is 0 Å². The zero-order valence-electron chi connectivity index (χ0n) is 22.1. The molecule has 3 fully saturated rings. The van der Waals surface area contributed by atoms with Crippen LogP contribution in [0, 0.1) is 5.92 Å². The Kier molecular flexibility index (Phi) is 8.00. The van der Waals surface area contributed by atoms with Gasteiger partial charge in [0.2, 0.25) is 11.8 Å². The Morgan fingerprint density at radius 1 is 1.00 bits per heavy atom. The number of benzene rings is 1. The Bertz CT molecular complexity index is 1000. The molecule has 3 heterocycles. The molecule has 2 saturated heterocycles. The van der Waals surface area contributed by atoms with Crippen LogP contribution < -0.4 is 10.1 Å². The van der Waals surface area contributed by atoms with Crippen LogP contribution in [0.5, 0.6) is 5.75 Å². The first-order valence-electron chi connectivity index (χ1n) is 13.9. The van der Waals surface area contributed by atoms with Gasteiger partial charge in [0.05, 0.1) is 24.1 Å². The lowest BCUT2D eigenvalue weighted by Crippen LogP contribution is -2.54. The van der Waals surface area contributed by atoms with Gasteiger partial charge in [-0.1, -0.05) is 19.3 Å². The van der Waals surface area contributed by atoms with E-state index in [0.717, 1.165) is 64.7 Å². The van der Waals surface area contributed by atoms with Crippen molar-refractivity contribution >= 4 is 23.4 Å². The lowest BCUT2D eigenvalue weighted by Gasteiger charge is -2.42. The summed E-state index contributed by atoms with van der Waals surface area (Å²) in [4.78, 5) is 45.0. The summed E-state index contributed by atoms with van der Waals surface area (Å²) >= 11 is 0. The highest BCUT2D eigenvalue weighted by Gasteiger charge is 2.39. The molecule has 9 heteroatoms. The molecule has 37 heavy (non-hydrogen) atoms. The molecular weight excluding hydrogens is 472 g/mol. The van der Waals surface area contributed by atoms with Crippen LogP contribution >= 0.6 is 0 Å². The van der Waals surface area contributed by atoms with Crippen LogP contribution in [0.25, 0.3) is 0 Å². The standard InChI is InChI=1S/C28H40N4O5/c1-30-12-14-32(15-13-30)26(33)17-21-9-10-23-25(37-21)18-36-24-11-8-20(16-22(24)28(35)31(23)2)29-27(34)19-6-4-3-5-7-19/h8,11,16,19,21,23,25H,3-7,9-10,12-15,17-18H2,1-2H3,(H,29,34)/t21-,23-,25+/m0/s1. The Balaban J connectivity index is 1.23. The van der Waals surface area contributed by atoms with Crippen molar-refractivity contribution in [1.29, 1.82) is 0 Å². The number of amides is 3. The molecule has 0 spiro atoms. The SMILES string of the molecule is CN1CCN(C(=O)C[C@@H]2CC[C@H]3[C@@H](COc4ccc(NC(=O)C5CCCCC5)cc4C(=O)N3C)O2)CC1. The third kappa shape index (κ3) is 5.93. The van der Waals surface area contributed by atoms with Gasteiger partial charge < -0.3 is 29.5 Å². The number of rotatable bonds is 4. The third-order valence-corrected chi connectivity index (χ3v) is 8.51. The molecule has 4 aliphatic rings. The van der Waals surface area contributed by atoms with Crippen LogP contribution in [0.2, 0.25) is 0 Å². The van der Waals surface area contributed by atoms with Gasteiger partial charge in [-0.05, 0) is 50.9 Å². The van der Waals surface area contributed by atoms with E-state index in [1.165, 1.54) is 6.42 Å². The van der Waals surface area contributed by atoms with Crippen molar-refractivity contribution in [2.45, 2.75) is 69.6 Å². The number of piperazine rings is 1. The summed E-state index contributed by atoms with van der Waals surface area (Å²) in [7, 11) is 3.88. The number of hydrogen-bond donors (Lipinski definition) is 1. The number of carbonyl (C=O) groups excluding carboxylic acids is 3. The van der Waals surface area contributed by atoms with Gasteiger partial charge in [-0.2, -0.15) is 0 Å². The molecule has 0 radical (unpaired) electrons. The molecule has 3 amide bonds. The fraction of sp³-hybridized carbons (Fsp3) is 0.679. The van der Waals surface area contributed by atoms with Gasteiger partial charge in [0.15, 0.2) is 0 Å². The summed E-state index contributed by atoms with van der Waals surface area (Å²) in [5.74, 6) is 0.562. The number of likely N-dealkylation sites (N-methyl/N-ethyl adjacent to an activating group) is 2. The van der Waals surface area contributed by atoms with Crippen molar-refractivity contribution in [3.8, 4) is 5.75 Å². The molecule has 202 valence electrons. The second-order valence-corrected chi connectivity index (χ2v) is 11.1. The zero-order valence-corrected chi connectivity index (χ0v) is 22.1. The number of carbonyl (C=O) groups is 3. The third-order valence-electron chi connectivity index (χ3n) is 8.51. The second kappa shape index (κ2) is 11.4. The van der Waals surface area contributed by atoms with Crippen LogP contribution in [0.3, 0.4) is 0 Å². The maximum Gasteiger partial charge on any atom is 0.257 e. The molecule has 0 unspecified atom stereocenters. The quantitative estimate of drug-likeness (QED) is 0.667. The van der Waals surface area contributed by atoms with Crippen LogP contribution in [-0.2, 0) is 14.3 Å². The van der Waals surface area contributed by atoms with E-state index in [1.807, 2.05) is 4.90 Å². The summed E-state index contributed by atoms with van der Waals surface area (Å²) in [6.07, 6.45) is 6.60. The van der Waals surface area contributed by atoms with E-state index in [9.17, 15) is 14.4 Å². The molecule has 0 bridgehead atoms. The minimum absolute atomic E-state index is 0.0325. The van der Waals surface area contributed by atoms with Crippen molar-refractivity contribution in [3.05, 3.63) is 23.8 Å². The lowest BCUT2D eigenvalue weighted by molar-refractivity contribution is -0.144. The molecule has 1 aliphatic carbocycles. The first kappa shape index (κ1) is 26.0. The van der Waals surface area contributed by atoms with E-state index in [0.29, 0.717) is 30.0 Å². The van der Waals surface area contributed by atoms with Gasteiger partial charge in [0, 0.05) is 44.8 Å². The summed E-state index contributed by atoms with van der Waals surface area (Å²) in [6.45, 7) is 3.62. The summed E-state index contributed by atoms with van der Waals surface area (Å²) in [5.41, 5.74) is 1.08. The predicted molar refractivity (Wildman–Crippen MR) is 140 cm³/mol. The topological polar surface area (TPSA) is 91.4 Å². The fourth-order valence-electron chi connectivity index (χ4n) is 6.09. The van der Waals surface area contributed by atoms with Crippen LogP contribution in [0.15, 0.2) is 18.2 Å². The molecule has 9 nitrogen and oxygen atoms in total. The van der Waals surface area contributed by atoms with Crippen molar-refractivity contribution in [3.63, 3.8) is 0 Å². The molecule has 1 saturated carbocycles. The minimum Gasteiger partial charge on any atom is -0.490 e. The number of ether oxygens (including phenoxy) is 2. The summed E-state index contributed by atoms with van der Waals surface area (Å²) in [6, 6.07) is 5.16. The number of nitrogens with zero attached hydrogens (tertiary/aromatic N) is 3. The maximum atomic E-state index is 13.5. The number of fused-ring (bicyclic) bond motifs is 2. The van der Waals surface area contributed by atoms with Crippen molar-refractivity contribution < 1.29 is 23.9 Å². The molecule has 1 N–H and O–H groups in total. The number of hydrogen-bond acceptors (Lipinski definition) is 6. The molecule has 1 aromatic carbocycles. The number of anilines is 1. The summed E-state index contributed by atoms with van der Waals surface area (Å²) < 4.78 is 12.4. The minimum atomic E-state index is -0.299. The Morgan fingerprint density at radius 2 is 1.76 bits per heavy atom. The van der Waals surface area contributed by atoms with Gasteiger partial charge in [0.25, 0.3) is 5.91 Å². The predicted octanol–water partition coefficient (Wildman–Crippen LogP) is 2.75. The lowest BCUT2D eigenvalue weighted by atomic mass is 9.88. The van der Waals surface area contributed by atoms with E-state index in [4.69, 9.17) is 9.47 Å². The molecule has 1 aromatic rings. The molecule has 0 aromatic heterocycles. The van der Waals surface area contributed by atoms with E-state index in [1.54, 1.807) is 30.1 Å². The average Bonchev–Trinajstić information content (AvgIpc) is 2.92. The molecular formula is C28H40N4O5. The van der Waals surface area contributed by atoms with Crippen LogP contribution in [0.1, 0.15) is 61.7 Å². The van der Waals surface area contributed by atoms with Gasteiger partial charge in [-0.25, -0.2) is 0 Å². The monoisotopic (exact) mass is 512 g/mol. The van der Waals surface area contributed by atoms with Crippen molar-refractivity contribution in [2.24, 2.45) is 5.92 Å². The Labute approximate surface area is 219 Å². The largest absolute Gasteiger partial charge is 0.490 e. The highest BCUT2D eigenvalue weighted by Crippen LogP contribution is 2.33. The highest BCUT2D eigenvalue weighted by molar-refractivity contribution is 6.00. The van der Waals surface area contributed by atoms with Crippen molar-refractivity contribution in [2.75, 3.05) is 52.2 Å². The van der Waals surface area contributed by atoms with E-state index < -0.39 is 0 Å². The van der Waals surface area contributed by atoms with Crippen molar-refractivity contribution in [1.82, 2.24) is 14.7 Å². The smallest absolute Gasteiger partial charge is 0.257 e. The maximum absolute atomic E-state index is 13.5. The van der Waals surface area contributed by atoms with Crippen LogP contribution in [-0.4, -0.2) is 97.6 Å². The van der Waals surface area contributed by atoms with Gasteiger partial charge in [-0.3, -0.25) is 14.4 Å². The highest BCUT2D eigenvalue weighted by atomic mass is 16.5.